The molecule has 4 aliphatic rings. The molecular weight excluding hydrogens is 480 g/mol. The Bertz CT molecular complexity index is 1550. The Labute approximate surface area is 221 Å². The van der Waals surface area contributed by atoms with Gasteiger partial charge >= 0.3 is 0 Å². The van der Waals surface area contributed by atoms with E-state index in [9.17, 15) is 0 Å². The average molecular weight is 505 g/mol. The highest BCUT2D eigenvalue weighted by Gasteiger charge is 2.22. The zero-order chi connectivity index (χ0) is 25.2. The first-order valence-corrected chi connectivity index (χ1v) is 12.9. The third kappa shape index (κ3) is 4.52. The molecule has 4 bridgehead atoms. The molecule has 0 unspecified atom stereocenters. The topological polar surface area (TPSA) is 66.8 Å². The summed E-state index contributed by atoms with van der Waals surface area (Å²) >= 11 is 5.94. The number of hydrogen-bond donors (Lipinski definition) is 1. The number of rotatable bonds is 8. The third-order valence-electron chi connectivity index (χ3n) is 6.55. The first-order valence-electron chi connectivity index (χ1n) is 12.3. The molecule has 0 spiro atoms. The number of nitrogens with zero attached hydrogens (tertiary/aromatic N) is 5. The van der Waals surface area contributed by atoms with Crippen molar-refractivity contribution in [1.29, 1.82) is 0 Å². The summed E-state index contributed by atoms with van der Waals surface area (Å²) in [4.78, 5) is 21.2. The van der Waals surface area contributed by atoms with Crippen molar-refractivity contribution >= 4 is 28.8 Å². The molecule has 0 saturated heterocycles. The van der Waals surface area contributed by atoms with E-state index in [0.29, 0.717) is 23.3 Å². The fraction of sp³-hybridized carbons (Fsp3) is 0.133. The summed E-state index contributed by atoms with van der Waals surface area (Å²) in [6, 6.07) is 26.9. The Morgan fingerprint density at radius 2 is 1.62 bits per heavy atom. The molecule has 0 saturated carbocycles. The van der Waals surface area contributed by atoms with E-state index in [4.69, 9.17) is 21.6 Å². The summed E-state index contributed by atoms with van der Waals surface area (Å²) in [7, 11) is 0. The van der Waals surface area contributed by atoms with Crippen LogP contribution in [0.15, 0.2) is 91.3 Å². The molecule has 0 fully saturated rings. The van der Waals surface area contributed by atoms with Crippen molar-refractivity contribution in [2.75, 3.05) is 29.2 Å². The standard InChI is InChI=1S/C30H25ClN6/c1-2-37(17-15-31)23-11-9-22(10-12-23)34-27-14-16-32-30(35-27)28-26-19-33-29(36-28)24-13-8-21(26)18-25(24)20-6-4-3-5-7-20/h3-14,16,18-19H,2,15,17H2,1H3,(H,32,34,35). The van der Waals surface area contributed by atoms with Gasteiger partial charge in [0.25, 0.3) is 0 Å². The Hall–Kier alpha value is -4.29. The van der Waals surface area contributed by atoms with Crippen molar-refractivity contribution in [1.82, 2.24) is 19.9 Å². The molecular formula is C30H25ClN6. The van der Waals surface area contributed by atoms with Crippen molar-refractivity contribution in [2.24, 2.45) is 0 Å². The molecule has 7 heteroatoms. The van der Waals surface area contributed by atoms with Crippen molar-refractivity contribution in [2.45, 2.75) is 6.92 Å². The Morgan fingerprint density at radius 3 is 2.41 bits per heavy atom. The van der Waals surface area contributed by atoms with Gasteiger partial charge in [-0.1, -0.05) is 36.4 Å². The lowest BCUT2D eigenvalue weighted by Crippen LogP contribution is -2.24. The third-order valence-corrected chi connectivity index (χ3v) is 6.72. The van der Waals surface area contributed by atoms with E-state index in [0.717, 1.165) is 58.0 Å². The van der Waals surface area contributed by atoms with E-state index in [2.05, 4.69) is 69.6 Å². The summed E-state index contributed by atoms with van der Waals surface area (Å²) in [5.41, 5.74) is 8.03. The Balaban J connectivity index is 1.31. The number of anilines is 3. The smallest absolute Gasteiger partial charge is 0.180 e. The molecule has 0 radical (unpaired) electrons. The molecule has 0 amide bonds. The maximum Gasteiger partial charge on any atom is 0.180 e. The van der Waals surface area contributed by atoms with Gasteiger partial charge in [0.05, 0.1) is 0 Å². The lowest BCUT2D eigenvalue weighted by atomic mass is 9.92. The molecule has 4 aliphatic heterocycles. The molecule has 2 aromatic heterocycles. The lowest BCUT2D eigenvalue weighted by Gasteiger charge is -2.22. The summed E-state index contributed by atoms with van der Waals surface area (Å²) in [6.45, 7) is 3.86. The first-order chi connectivity index (χ1) is 18.2. The molecule has 37 heavy (non-hydrogen) atoms. The molecule has 0 atom stereocenters. The molecule has 6 nitrogen and oxygen atoms in total. The number of benzene rings is 3. The molecule has 5 aromatic rings. The van der Waals surface area contributed by atoms with Crippen LogP contribution in [0.4, 0.5) is 17.2 Å². The highest BCUT2D eigenvalue weighted by atomic mass is 35.5. The van der Waals surface area contributed by atoms with Crippen LogP contribution in [0.2, 0.25) is 0 Å². The van der Waals surface area contributed by atoms with Gasteiger partial charge in [-0.15, -0.1) is 11.6 Å². The second-order valence-corrected chi connectivity index (χ2v) is 9.17. The number of halogens is 1. The highest BCUT2D eigenvalue weighted by molar-refractivity contribution is 6.18. The molecule has 6 heterocycles. The van der Waals surface area contributed by atoms with E-state index in [-0.39, 0.29) is 0 Å². The zero-order valence-electron chi connectivity index (χ0n) is 20.4. The molecule has 182 valence electrons. The van der Waals surface area contributed by atoms with E-state index >= 15 is 0 Å². The van der Waals surface area contributed by atoms with Crippen LogP contribution in [0.1, 0.15) is 6.92 Å². The predicted molar refractivity (Wildman–Crippen MR) is 151 cm³/mol. The summed E-state index contributed by atoms with van der Waals surface area (Å²) in [5, 5.41) is 3.40. The van der Waals surface area contributed by atoms with Gasteiger partial charge in [0.1, 0.15) is 11.5 Å². The van der Waals surface area contributed by atoms with Gasteiger partial charge in [0.15, 0.2) is 11.6 Å². The van der Waals surface area contributed by atoms with Crippen molar-refractivity contribution in [3.05, 3.63) is 91.3 Å². The van der Waals surface area contributed by atoms with Crippen molar-refractivity contribution < 1.29 is 0 Å². The number of alkyl halides is 1. The second kappa shape index (κ2) is 9.99. The van der Waals surface area contributed by atoms with E-state index in [1.165, 1.54) is 0 Å². The molecule has 1 N–H and O–H groups in total. The fourth-order valence-electron chi connectivity index (χ4n) is 4.67. The molecule has 0 aliphatic carbocycles. The maximum atomic E-state index is 5.94. The van der Waals surface area contributed by atoms with Crippen LogP contribution in [0.5, 0.6) is 0 Å². The summed E-state index contributed by atoms with van der Waals surface area (Å²) in [5.74, 6) is 2.52. The van der Waals surface area contributed by atoms with Gasteiger partial charge < -0.3 is 10.2 Å². The largest absolute Gasteiger partial charge is 0.371 e. The number of aromatic nitrogens is 4. The highest BCUT2D eigenvalue weighted by Crippen LogP contribution is 2.40. The zero-order valence-corrected chi connectivity index (χ0v) is 21.2. The van der Waals surface area contributed by atoms with E-state index in [1.807, 2.05) is 42.6 Å². The van der Waals surface area contributed by atoms with Gasteiger partial charge in [-0.2, -0.15) is 0 Å². The molecule has 3 aromatic carbocycles. The normalized spacial score (nSPS) is 11.3. The van der Waals surface area contributed by atoms with Crippen LogP contribution < -0.4 is 10.2 Å². The Kier molecular flexibility index (Phi) is 6.25. The quantitative estimate of drug-likeness (QED) is 0.224. The van der Waals surface area contributed by atoms with E-state index in [1.54, 1.807) is 6.20 Å². The van der Waals surface area contributed by atoms with Crippen molar-refractivity contribution in [3.8, 4) is 45.2 Å². The minimum Gasteiger partial charge on any atom is -0.371 e. The fourth-order valence-corrected chi connectivity index (χ4v) is 4.88. The van der Waals surface area contributed by atoms with Crippen LogP contribution in [-0.2, 0) is 0 Å². The second-order valence-electron chi connectivity index (χ2n) is 8.79. The number of nitrogens with one attached hydrogen (secondary N) is 1. The average Bonchev–Trinajstić information content (AvgIpc) is 2.94. The van der Waals surface area contributed by atoms with Gasteiger partial charge in [-0.3, -0.25) is 0 Å². The van der Waals surface area contributed by atoms with E-state index < -0.39 is 0 Å². The predicted octanol–water partition coefficient (Wildman–Crippen LogP) is 7.06. The summed E-state index contributed by atoms with van der Waals surface area (Å²) in [6.07, 6.45) is 3.63. The maximum absolute atomic E-state index is 5.94. The van der Waals surface area contributed by atoms with Gasteiger partial charge in [0.2, 0.25) is 0 Å². The van der Waals surface area contributed by atoms with Crippen LogP contribution in [0.25, 0.3) is 45.2 Å². The lowest BCUT2D eigenvalue weighted by molar-refractivity contribution is 0.870. The molecule has 9 rings (SSSR count). The SMILES string of the molecule is CCN(CCCl)c1ccc(Nc2ccnc(-c3nc4ncc3-c3ccc-4c(-c4ccccc4)c3)n2)cc1. The first kappa shape index (κ1) is 23.1. The minimum atomic E-state index is 0.559. The van der Waals surface area contributed by atoms with Gasteiger partial charge in [0, 0.05) is 53.9 Å². The van der Waals surface area contributed by atoms with Crippen LogP contribution in [0.3, 0.4) is 0 Å². The number of hydrogen-bond acceptors (Lipinski definition) is 6. The van der Waals surface area contributed by atoms with Crippen LogP contribution in [-0.4, -0.2) is 38.9 Å². The van der Waals surface area contributed by atoms with Crippen molar-refractivity contribution in [3.63, 3.8) is 0 Å². The van der Waals surface area contributed by atoms with Gasteiger partial charge in [-0.25, -0.2) is 19.9 Å². The van der Waals surface area contributed by atoms with Crippen LogP contribution in [0, 0.1) is 0 Å². The summed E-state index contributed by atoms with van der Waals surface area (Å²) < 4.78 is 0. The Morgan fingerprint density at radius 1 is 0.784 bits per heavy atom. The van der Waals surface area contributed by atoms with Crippen LogP contribution >= 0.6 is 11.6 Å². The monoisotopic (exact) mass is 504 g/mol. The van der Waals surface area contributed by atoms with Gasteiger partial charge in [-0.05, 0) is 66.1 Å². The minimum absolute atomic E-state index is 0.559.